The molecule has 1 aliphatic rings. The standard InChI is InChI=1S/C39H27N5/c1-43-38(32-23-33-36(31-20-8-7-17-28(31)32)27-16-6-5-15-26(27)24-40-33)41-37(25-13-3-2-4-14-25)42-39(43)44-34-21-11-9-18-29(34)30-19-10-12-22-35(30)44/h2-24,38H,1H3. The number of pyridine rings is 1. The molecule has 0 saturated heterocycles. The first-order valence-electron chi connectivity index (χ1n) is 14.9. The van der Waals surface area contributed by atoms with E-state index in [1.54, 1.807) is 0 Å². The fourth-order valence-electron chi connectivity index (χ4n) is 6.83. The van der Waals surface area contributed by atoms with E-state index in [0.29, 0.717) is 5.84 Å². The Morgan fingerprint density at radius 1 is 0.591 bits per heavy atom. The number of nitrogens with zero attached hydrogens (tertiary/aromatic N) is 5. The second-order valence-corrected chi connectivity index (χ2v) is 11.3. The van der Waals surface area contributed by atoms with Crippen molar-refractivity contribution in [2.75, 3.05) is 7.05 Å². The zero-order chi connectivity index (χ0) is 29.2. The smallest absolute Gasteiger partial charge is 0.214 e. The lowest BCUT2D eigenvalue weighted by Crippen LogP contribution is -2.39. The molecule has 8 aromatic rings. The number of aliphatic imine (C=N–C) groups is 2. The molecule has 1 atom stereocenters. The lowest BCUT2D eigenvalue weighted by atomic mass is 9.95. The van der Waals surface area contributed by atoms with Gasteiger partial charge in [-0.05, 0) is 34.4 Å². The summed E-state index contributed by atoms with van der Waals surface area (Å²) < 4.78 is 2.28. The predicted molar refractivity (Wildman–Crippen MR) is 183 cm³/mol. The molecule has 0 bridgehead atoms. The Balaban J connectivity index is 1.34. The quantitative estimate of drug-likeness (QED) is 0.196. The van der Waals surface area contributed by atoms with Crippen LogP contribution in [0.4, 0.5) is 0 Å². The summed E-state index contributed by atoms with van der Waals surface area (Å²) >= 11 is 0. The lowest BCUT2D eigenvalue weighted by molar-refractivity contribution is 0.375. The van der Waals surface area contributed by atoms with Crippen LogP contribution in [0.5, 0.6) is 0 Å². The van der Waals surface area contributed by atoms with Gasteiger partial charge in [-0.3, -0.25) is 9.55 Å². The summed E-state index contributed by atoms with van der Waals surface area (Å²) in [5.41, 5.74) is 5.27. The average molecular weight is 566 g/mol. The normalized spacial score (nSPS) is 15.4. The van der Waals surface area contributed by atoms with Crippen molar-refractivity contribution in [3.63, 3.8) is 0 Å². The van der Waals surface area contributed by atoms with Gasteiger partial charge in [0.15, 0.2) is 12.0 Å². The van der Waals surface area contributed by atoms with Crippen LogP contribution in [0.2, 0.25) is 0 Å². The van der Waals surface area contributed by atoms with Crippen molar-refractivity contribution in [2.24, 2.45) is 9.98 Å². The zero-order valence-electron chi connectivity index (χ0n) is 24.1. The Morgan fingerprint density at radius 2 is 1.18 bits per heavy atom. The van der Waals surface area contributed by atoms with Gasteiger partial charge in [-0.1, -0.05) is 115 Å². The van der Waals surface area contributed by atoms with Gasteiger partial charge in [0, 0.05) is 45.9 Å². The molecule has 208 valence electrons. The van der Waals surface area contributed by atoms with Gasteiger partial charge in [0.2, 0.25) is 5.96 Å². The molecule has 5 nitrogen and oxygen atoms in total. The molecule has 0 N–H and O–H groups in total. The molecule has 5 heteroatoms. The maximum Gasteiger partial charge on any atom is 0.214 e. The van der Waals surface area contributed by atoms with E-state index >= 15 is 0 Å². The summed E-state index contributed by atoms with van der Waals surface area (Å²) in [5, 5.41) is 8.25. The minimum Gasteiger partial charge on any atom is -0.319 e. The second kappa shape index (κ2) is 9.61. The van der Waals surface area contributed by atoms with Crippen LogP contribution >= 0.6 is 0 Å². The topological polar surface area (TPSA) is 45.8 Å². The minimum absolute atomic E-state index is 0.333. The van der Waals surface area contributed by atoms with Crippen molar-refractivity contribution < 1.29 is 0 Å². The van der Waals surface area contributed by atoms with Gasteiger partial charge in [-0.25, -0.2) is 4.99 Å². The number of hydrogen-bond donors (Lipinski definition) is 0. The van der Waals surface area contributed by atoms with E-state index in [-0.39, 0.29) is 6.17 Å². The first-order chi connectivity index (χ1) is 21.8. The molecule has 44 heavy (non-hydrogen) atoms. The maximum absolute atomic E-state index is 5.36. The van der Waals surface area contributed by atoms with E-state index in [1.165, 1.54) is 26.9 Å². The van der Waals surface area contributed by atoms with Crippen molar-refractivity contribution in [1.82, 2.24) is 14.5 Å². The summed E-state index contributed by atoms with van der Waals surface area (Å²) in [5.74, 6) is 1.54. The molecule has 1 unspecified atom stereocenters. The van der Waals surface area contributed by atoms with Crippen LogP contribution in [0.15, 0.2) is 150 Å². The third-order valence-corrected chi connectivity index (χ3v) is 8.85. The third kappa shape index (κ3) is 3.62. The van der Waals surface area contributed by atoms with Crippen molar-refractivity contribution in [3.8, 4) is 0 Å². The number of benzene rings is 6. The molecule has 3 heterocycles. The number of para-hydroxylation sites is 2. The van der Waals surface area contributed by atoms with Crippen LogP contribution in [0, 0.1) is 0 Å². The first kappa shape index (κ1) is 24.8. The Hall–Kier alpha value is -5.81. The lowest BCUT2D eigenvalue weighted by Gasteiger charge is -2.33. The van der Waals surface area contributed by atoms with Crippen molar-refractivity contribution in [3.05, 3.63) is 151 Å². The van der Waals surface area contributed by atoms with Crippen LogP contribution in [0.25, 0.3) is 54.3 Å². The van der Waals surface area contributed by atoms with Gasteiger partial charge < -0.3 is 4.90 Å². The third-order valence-electron chi connectivity index (χ3n) is 8.85. The Bertz CT molecular complexity index is 2420. The van der Waals surface area contributed by atoms with Crippen LogP contribution in [-0.2, 0) is 0 Å². The van der Waals surface area contributed by atoms with Gasteiger partial charge in [0.05, 0.1) is 16.6 Å². The van der Waals surface area contributed by atoms with E-state index in [9.17, 15) is 0 Å². The summed E-state index contributed by atoms with van der Waals surface area (Å²) in [6, 6.07) is 46.8. The van der Waals surface area contributed by atoms with Crippen LogP contribution in [0.1, 0.15) is 17.3 Å². The van der Waals surface area contributed by atoms with Crippen molar-refractivity contribution in [1.29, 1.82) is 0 Å². The zero-order valence-corrected chi connectivity index (χ0v) is 24.1. The molecule has 0 fully saturated rings. The molecule has 0 aliphatic carbocycles. The van der Waals surface area contributed by atoms with Gasteiger partial charge in [-0.2, -0.15) is 4.99 Å². The van der Waals surface area contributed by atoms with Gasteiger partial charge in [-0.15, -0.1) is 0 Å². The van der Waals surface area contributed by atoms with E-state index < -0.39 is 0 Å². The number of amidine groups is 1. The summed E-state index contributed by atoms with van der Waals surface area (Å²) in [4.78, 5) is 17.8. The molecule has 0 amide bonds. The summed E-state index contributed by atoms with van der Waals surface area (Å²) in [7, 11) is 2.10. The molecule has 0 radical (unpaired) electrons. The van der Waals surface area contributed by atoms with Gasteiger partial charge in [0.1, 0.15) is 0 Å². The van der Waals surface area contributed by atoms with E-state index in [2.05, 4.69) is 132 Å². The molecule has 0 saturated carbocycles. The molecule has 2 aromatic heterocycles. The monoisotopic (exact) mass is 565 g/mol. The molecular weight excluding hydrogens is 538 g/mol. The maximum atomic E-state index is 5.36. The van der Waals surface area contributed by atoms with Gasteiger partial charge in [0.25, 0.3) is 0 Å². The van der Waals surface area contributed by atoms with Crippen LogP contribution in [-0.4, -0.2) is 33.3 Å². The molecule has 0 spiro atoms. The van der Waals surface area contributed by atoms with Gasteiger partial charge >= 0.3 is 0 Å². The summed E-state index contributed by atoms with van der Waals surface area (Å²) in [6.07, 6.45) is 1.64. The Labute approximate surface area is 254 Å². The predicted octanol–water partition coefficient (Wildman–Crippen LogP) is 8.94. The highest BCUT2D eigenvalue weighted by atomic mass is 15.4. The SMILES string of the molecule is CN1C(n2c3ccccc3c3ccccc32)=NC(c2ccccc2)=NC1c1cc2ncc3ccccc3c2c2ccccc12. The van der Waals surface area contributed by atoms with Crippen LogP contribution in [0.3, 0.4) is 0 Å². The highest BCUT2D eigenvalue weighted by molar-refractivity contribution is 6.20. The number of aromatic nitrogens is 2. The minimum atomic E-state index is -0.333. The van der Waals surface area contributed by atoms with Crippen LogP contribution < -0.4 is 0 Å². The number of rotatable bonds is 2. The molecule has 9 rings (SSSR count). The number of fused-ring (bicyclic) bond motifs is 8. The van der Waals surface area contributed by atoms with Crippen molar-refractivity contribution >= 4 is 66.0 Å². The fraction of sp³-hybridized carbons (Fsp3) is 0.0513. The Kier molecular flexibility index (Phi) is 5.41. The van der Waals surface area contributed by atoms with E-state index in [1.807, 2.05) is 24.4 Å². The van der Waals surface area contributed by atoms with E-state index in [0.717, 1.165) is 44.4 Å². The van der Waals surface area contributed by atoms with E-state index in [4.69, 9.17) is 15.0 Å². The highest BCUT2D eigenvalue weighted by Gasteiger charge is 2.30. The molecular formula is C39H27N5. The largest absolute Gasteiger partial charge is 0.319 e. The average Bonchev–Trinajstić information content (AvgIpc) is 3.42. The number of hydrogen-bond acceptors (Lipinski definition) is 4. The second-order valence-electron chi connectivity index (χ2n) is 11.3. The molecule has 1 aliphatic heterocycles. The first-order valence-corrected chi connectivity index (χ1v) is 14.9. The fourth-order valence-corrected chi connectivity index (χ4v) is 6.83. The van der Waals surface area contributed by atoms with Crippen molar-refractivity contribution in [2.45, 2.75) is 6.17 Å². The Morgan fingerprint density at radius 3 is 1.91 bits per heavy atom. The highest BCUT2D eigenvalue weighted by Crippen LogP contribution is 2.39. The molecule has 6 aromatic carbocycles. The summed E-state index contributed by atoms with van der Waals surface area (Å²) in [6.45, 7) is 0.